The van der Waals surface area contributed by atoms with Gasteiger partial charge in [-0.15, -0.1) is 0 Å². The topological polar surface area (TPSA) is 79.6 Å². The maximum absolute atomic E-state index is 12.9. The molecule has 26 heavy (non-hydrogen) atoms. The van der Waals surface area contributed by atoms with E-state index in [1.54, 1.807) is 0 Å². The number of amides is 1. The van der Waals surface area contributed by atoms with E-state index in [0.29, 0.717) is 23.5 Å². The summed E-state index contributed by atoms with van der Waals surface area (Å²) in [5, 5.41) is 9.44. The van der Waals surface area contributed by atoms with Gasteiger partial charge in [0, 0.05) is 12.2 Å². The third-order valence-electron chi connectivity index (χ3n) is 5.29. The van der Waals surface area contributed by atoms with E-state index in [1.807, 2.05) is 0 Å². The Morgan fingerprint density at radius 1 is 1.23 bits per heavy atom. The third kappa shape index (κ3) is 3.34. The number of nitrogens with zero attached hydrogens (tertiary/aromatic N) is 2. The Morgan fingerprint density at radius 2 is 1.92 bits per heavy atom. The molecule has 1 saturated heterocycles. The molecule has 1 N–H and O–H groups in total. The van der Waals surface area contributed by atoms with Crippen molar-refractivity contribution in [3.63, 3.8) is 0 Å². The Hall–Kier alpha value is -2.32. The molecule has 0 spiro atoms. The van der Waals surface area contributed by atoms with Crippen LogP contribution < -0.4 is 5.56 Å². The normalized spacial score (nSPS) is 25.8. The molecule has 1 aliphatic carbocycles. The fourth-order valence-corrected chi connectivity index (χ4v) is 4.14. The summed E-state index contributed by atoms with van der Waals surface area (Å²) >= 11 is 0. The van der Waals surface area contributed by atoms with Crippen molar-refractivity contribution in [1.82, 2.24) is 9.47 Å². The van der Waals surface area contributed by atoms with Crippen LogP contribution >= 0.6 is 0 Å². The van der Waals surface area contributed by atoms with Crippen molar-refractivity contribution in [3.05, 3.63) is 34.2 Å². The van der Waals surface area contributed by atoms with Crippen LogP contribution in [0.4, 0.5) is 13.2 Å². The van der Waals surface area contributed by atoms with Crippen molar-refractivity contribution in [2.75, 3.05) is 0 Å². The molecule has 2 aliphatic rings. The van der Waals surface area contributed by atoms with Crippen molar-refractivity contribution in [3.8, 4) is 0 Å². The maximum atomic E-state index is 12.9. The number of carboxylic acid groups (broad SMARTS) is 1. The highest BCUT2D eigenvalue weighted by Gasteiger charge is 2.47. The first-order chi connectivity index (χ1) is 12.2. The molecule has 1 aliphatic heterocycles. The van der Waals surface area contributed by atoms with Crippen LogP contribution in [0.15, 0.2) is 23.1 Å². The van der Waals surface area contributed by atoms with E-state index in [2.05, 4.69) is 0 Å². The summed E-state index contributed by atoms with van der Waals surface area (Å²) in [4.78, 5) is 37.6. The van der Waals surface area contributed by atoms with E-state index in [0.717, 1.165) is 31.5 Å². The molecule has 3 rings (SSSR count). The number of likely N-dealkylation sites (tertiary alicyclic amines) is 1. The van der Waals surface area contributed by atoms with E-state index >= 15 is 0 Å². The van der Waals surface area contributed by atoms with Gasteiger partial charge < -0.3 is 14.6 Å². The zero-order chi connectivity index (χ0) is 19.1. The fraction of sp³-hybridized carbons (Fsp3) is 0.588. The average molecular weight is 372 g/mol. The molecule has 2 heterocycles. The number of aromatic nitrogens is 1. The van der Waals surface area contributed by atoms with Crippen LogP contribution in [0.5, 0.6) is 0 Å². The average Bonchev–Trinajstić information content (AvgIpc) is 2.95. The van der Waals surface area contributed by atoms with Crippen molar-refractivity contribution in [2.45, 2.75) is 56.9 Å². The van der Waals surface area contributed by atoms with Crippen LogP contribution in [0.3, 0.4) is 0 Å². The Balaban J connectivity index is 1.87. The SMILES string of the molecule is O=C(O)[C@@H]1C[C@H]2CCCC[C@H]2N1C(=O)Cn1cccc(C(F)(F)F)c1=O. The predicted octanol–water partition coefficient (Wildman–Crippen LogP) is 2.11. The number of rotatable bonds is 3. The summed E-state index contributed by atoms with van der Waals surface area (Å²) < 4.78 is 39.3. The Bertz CT molecular complexity index is 774. The van der Waals surface area contributed by atoms with E-state index in [9.17, 15) is 32.7 Å². The summed E-state index contributed by atoms with van der Waals surface area (Å²) in [6.07, 6.45) is 0.0145. The van der Waals surface area contributed by atoms with E-state index < -0.39 is 41.8 Å². The number of hydrogen-bond donors (Lipinski definition) is 1. The van der Waals surface area contributed by atoms with Gasteiger partial charge in [-0.3, -0.25) is 9.59 Å². The quantitative estimate of drug-likeness (QED) is 0.881. The van der Waals surface area contributed by atoms with Gasteiger partial charge in [-0.1, -0.05) is 12.8 Å². The van der Waals surface area contributed by atoms with Gasteiger partial charge in [-0.2, -0.15) is 13.2 Å². The van der Waals surface area contributed by atoms with Crippen molar-refractivity contribution >= 4 is 11.9 Å². The molecule has 1 aromatic heterocycles. The van der Waals surface area contributed by atoms with Gasteiger partial charge in [0.25, 0.3) is 5.56 Å². The summed E-state index contributed by atoms with van der Waals surface area (Å²) in [6, 6.07) is 0.506. The second kappa shape index (κ2) is 6.77. The summed E-state index contributed by atoms with van der Waals surface area (Å²) in [7, 11) is 0. The van der Waals surface area contributed by atoms with Gasteiger partial charge in [0.2, 0.25) is 5.91 Å². The minimum atomic E-state index is -4.81. The number of pyridine rings is 1. The van der Waals surface area contributed by atoms with E-state index in [1.165, 1.54) is 4.90 Å². The first-order valence-corrected chi connectivity index (χ1v) is 8.50. The molecule has 142 valence electrons. The minimum absolute atomic E-state index is 0.0898. The first kappa shape index (κ1) is 18.5. The summed E-state index contributed by atoms with van der Waals surface area (Å²) in [5.41, 5.74) is -2.65. The highest BCUT2D eigenvalue weighted by atomic mass is 19.4. The van der Waals surface area contributed by atoms with Crippen LogP contribution in [-0.2, 0) is 22.3 Å². The lowest BCUT2D eigenvalue weighted by Crippen LogP contribution is -2.48. The van der Waals surface area contributed by atoms with Gasteiger partial charge in [0.15, 0.2) is 0 Å². The molecule has 3 atom stereocenters. The van der Waals surface area contributed by atoms with Crippen molar-refractivity contribution in [1.29, 1.82) is 0 Å². The Labute approximate surface area is 147 Å². The van der Waals surface area contributed by atoms with Gasteiger partial charge >= 0.3 is 12.1 Å². The van der Waals surface area contributed by atoms with Gasteiger partial charge in [-0.25, -0.2) is 4.79 Å². The van der Waals surface area contributed by atoms with Gasteiger partial charge in [0.1, 0.15) is 18.2 Å². The standard InChI is InChI=1S/C17H19F3N2O4/c18-17(19,20)11-5-3-7-21(15(11)24)9-14(23)22-12-6-2-1-4-10(12)8-13(22)16(25)26/h3,5,7,10,12-13H,1-2,4,6,8-9H2,(H,25,26)/t10-,12-,13+/m1/s1. The zero-order valence-corrected chi connectivity index (χ0v) is 13.9. The number of fused-ring (bicyclic) bond motifs is 1. The number of alkyl halides is 3. The lowest BCUT2D eigenvalue weighted by Gasteiger charge is -2.33. The van der Waals surface area contributed by atoms with E-state index in [-0.39, 0.29) is 12.0 Å². The van der Waals surface area contributed by atoms with Crippen LogP contribution in [0.1, 0.15) is 37.7 Å². The van der Waals surface area contributed by atoms with E-state index in [4.69, 9.17) is 0 Å². The molecule has 0 bridgehead atoms. The summed E-state index contributed by atoms with van der Waals surface area (Å²) in [6.45, 7) is -0.601. The molecular weight excluding hydrogens is 353 g/mol. The third-order valence-corrected chi connectivity index (χ3v) is 5.29. The molecule has 1 saturated carbocycles. The fourth-order valence-electron chi connectivity index (χ4n) is 4.14. The molecule has 1 aromatic rings. The number of hydrogen-bond acceptors (Lipinski definition) is 3. The zero-order valence-electron chi connectivity index (χ0n) is 13.9. The monoisotopic (exact) mass is 372 g/mol. The second-order valence-corrected chi connectivity index (χ2v) is 6.86. The minimum Gasteiger partial charge on any atom is -0.480 e. The number of carbonyl (C=O) groups is 2. The largest absolute Gasteiger partial charge is 0.480 e. The predicted molar refractivity (Wildman–Crippen MR) is 84.3 cm³/mol. The molecule has 0 aromatic carbocycles. The highest BCUT2D eigenvalue weighted by Crippen LogP contribution is 2.40. The van der Waals surface area contributed by atoms with Gasteiger partial charge in [-0.05, 0) is 37.3 Å². The summed E-state index contributed by atoms with van der Waals surface area (Å²) in [5.74, 6) is -1.66. The lowest BCUT2D eigenvalue weighted by molar-refractivity contribution is -0.150. The van der Waals surface area contributed by atoms with Gasteiger partial charge in [0.05, 0.1) is 0 Å². The molecule has 6 nitrogen and oxygen atoms in total. The van der Waals surface area contributed by atoms with Crippen molar-refractivity contribution in [2.24, 2.45) is 5.92 Å². The number of carbonyl (C=O) groups excluding carboxylic acids is 1. The van der Waals surface area contributed by atoms with Crippen LogP contribution in [0.25, 0.3) is 0 Å². The highest BCUT2D eigenvalue weighted by molar-refractivity contribution is 5.84. The molecule has 0 radical (unpaired) electrons. The van der Waals surface area contributed by atoms with Crippen LogP contribution in [0.2, 0.25) is 0 Å². The Morgan fingerprint density at radius 3 is 2.58 bits per heavy atom. The number of carboxylic acids is 1. The number of halogens is 3. The molecule has 0 unspecified atom stereocenters. The second-order valence-electron chi connectivity index (χ2n) is 6.86. The molecule has 1 amide bonds. The smallest absolute Gasteiger partial charge is 0.421 e. The maximum Gasteiger partial charge on any atom is 0.421 e. The Kier molecular flexibility index (Phi) is 4.81. The molecular formula is C17H19F3N2O4. The first-order valence-electron chi connectivity index (χ1n) is 8.50. The van der Waals surface area contributed by atoms with Crippen LogP contribution in [0, 0.1) is 5.92 Å². The van der Waals surface area contributed by atoms with Crippen molar-refractivity contribution < 1.29 is 27.9 Å². The molecule has 2 fully saturated rings. The number of aliphatic carboxylic acids is 1. The van der Waals surface area contributed by atoms with Crippen LogP contribution in [-0.4, -0.2) is 38.5 Å². The lowest BCUT2D eigenvalue weighted by atomic mass is 9.85. The molecule has 9 heteroatoms.